The van der Waals surface area contributed by atoms with Gasteiger partial charge in [0.15, 0.2) is 12.4 Å². The van der Waals surface area contributed by atoms with Crippen LogP contribution in [0.2, 0.25) is 0 Å². The Morgan fingerprint density at radius 2 is 2.21 bits per heavy atom. The van der Waals surface area contributed by atoms with E-state index in [-0.39, 0.29) is 18.0 Å². The fourth-order valence-corrected chi connectivity index (χ4v) is 1.40. The summed E-state index contributed by atoms with van der Waals surface area (Å²) in [4.78, 5) is 21.4. The number of benzene rings is 1. The van der Waals surface area contributed by atoms with Crippen molar-refractivity contribution >= 4 is 11.7 Å². The van der Waals surface area contributed by atoms with Gasteiger partial charge in [0.1, 0.15) is 0 Å². The van der Waals surface area contributed by atoms with Gasteiger partial charge in [-0.05, 0) is 18.2 Å². The fraction of sp³-hybridized carbons (Fsp3) is 0.417. The molecule has 1 aromatic rings. The molecule has 0 heterocycles. The summed E-state index contributed by atoms with van der Waals surface area (Å²) < 4.78 is 9.48. The normalized spacial score (nSPS) is 10.0. The minimum atomic E-state index is -0.592. The summed E-state index contributed by atoms with van der Waals surface area (Å²) in [6.07, 6.45) is 0. The van der Waals surface area contributed by atoms with Gasteiger partial charge < -0.3 is 14.8 Å². The predicted octanol–water partition coefficient (Wildman–Crippen LogP) is 1.26. The van der Waals surface area contributed by atoms with Crippen molar-refractivity contribution in [1.29, 1.82) is 0 Å². The van der Waals surface area contributed by atoms with Crippen molar-refractivity contribution in [3.8, 4) is 5.75 Å². The smallest absolute Gasteiger partial charge is 0.343 e. The van der Waals surface area contributed by atoms with Gasteiger partial charge in [0.25, 0.3) is 0 Å². The summed E-state index contributed by atoms with van der Waals surface area (Å²) in [6.45, 7) is 2.90. The summed E-state index contributed by atoms with van der Waals surface area (Å²) in [5.41, 5.74) is 0.610. The Bertz CT molecular complexity index is 461. The standard InChI is InChI=1S/C12H16N2O5/c1-3-13-7-9-4-5-11(10(6-9)14(16)17)19-8-12(15)18-2/h4-6,13H,3,7-8H2,1-2H3. The van der Waals surface area contributed by atoms with Crippen molar-refractivity contribution in [3.05, 3.63) is 33.9 Å². The molecule has 0 fully saturated rings. The van der Waals surface area contributed by atoms with E-state index in [4.69, 9.17) is 4.74 Å². The molecule has 1 N–H and O–H groups in total. The Labute approximate surface area is 110 Å². The second-order valence-corrected chi connectivity index (χ2v) is 3.70. The van der Waals surface area contributed by atoms with E-state index < -0.39 is 10.9 Å². The molecule has 0 aromatic heterocycles. The lowest BCUT2D eigenvalue weighted by atomic mass is 10.2. The van der Waals surface area contributed by atoms with E-state index in [1.807, 2.05) is 6.92 Å². The van der Waals surface area contributed by atoms with Crippen LogP contribution < -0.4 is 10.1 Å². The Kier molecular flexibility index (Phi) is 5.74. The van der Waals surface area contributed by atoms with Crippen molar-refractivity contribution in [2.75, 3.05) is 20.3 Å². The van der Waals surface area contributed by atoms with Gasteiger partial charge in [-0.15, -0.1) is 0 Å². The number of hydrogen-bond acceptors (Lipinski definition) is 6. The zero-order valence-electron chi connectivity index (χ0n) is 10.8. The summed E-state index contributed by atoms with van der Waals surface area (Å²) >= 11 is 0. The number of carbonyl (C=O) groups is 1. The van der Waals surface area contributed by atoms with Gasteiger partial charge in [-0.1, -0.05) is 13.0 Å². The van der Waals surface area contributed by atoms with Gasteiger partial charge in [0.2, 0.25) is 0 Å². The van der Waals surface area contributed by atoms with E-state index in [0.29, 0.717) is 6.54 Å². The van der Waals surface area contributed by atoms with Crippen LogP contribution in [0.4, 0.5) is 5.69 Å². The maximum atomic E-state index is 11.0. The third kappa shape index (κ3) is 4.55. The fourth-order valence-electron chi connectivity index (χ4n) is 1.40. The molecule has 7 nitrogen and oxygen atoms in total. The number of nitro benzene ring substituents is 1. The number of ether oxygens (including phenoxy) is 2. The number of hydrogen-bond donors (Lipinski definition) is 1. The highest BCUT2D eigenvalue weighted by Gasteiger charge is 2.17. The van der Waals surface area contributed by atoms with Gasteiger partial charge in [-0.3, -0.25) is 10.1 Å². The molecule has 19 heavy (non-hydrogen) atoms. The van der Waals surface area contributed by atoms with Gasteiger partial charge in [-0.2, -0.15) is 0 Å². The van der Waals surface area contributed by atoms with Gasteiger partial charge >= 0.3 is 11.7 Å². The molecular weight excluding hydrogens is 252 g/mol. The van der Waals surface area contributed by atoms with Crippen LogP contribution in [0.5, 0.6) is 5.75 Å². The summed E-state index contributed by atoms with van der Waals surface area (Å²) in [6, 6.07) is 4.62. The number of carbonyl (C=O) groups excluding carboxylic acids is 1. The molecule has 0 saturated heterocycles. The number of rotatable bonds is 7. The van der Waals surface area contributed by atoms with E-state index in [2.05, 4.69) is 10.1 Å². The number of nitrogens with zero attached hydrogens (tertiary/aromatic N) is 1. The van der Waals surface area contributed by atoms with Crippen LogP contribution in [-0.4, -0.2) is 31.2 Å². The second kappa shape index (κ2) is 7.32. The molecule has 0 atom stereocenters. The Hall–Kier alpha value is -2.15. The molecule has 0 unspecified atom stereocenters. The summed E-state index contributed by atoms with van der Waals surface area (Å²) in [5, 5.41) is 14.0. The average molecular weight is 268 g/mol. The third-order valence-electron chi connectivity index (χ3n) is 2.37. The highest BCUT2D eigenvalue weighted by Crippen LogP contribution is 2.27. The Balaban J connectivity index is 2.85. The zero-order valence-corrected chi connectivity index (χ0v) is 10.8. The first-order valence-corrected chi connectivity index (χ1v) is 5.76. The van der Waals surface area contributed by atoms with E-state index in [0.717, 1.165) is 12.1 Å². The van der Waals surface area contributed by atoms with Crippen LogP contribution in [0.1, 0.15) is 12.5 Å². The van der Waals surface area contributed by atoms with Crippen LogP contribution >= 0.6 is 0 Å². The Morgan fingerprint density at radius 3 is 2.79 bits per heavy atom. The first-order chi connectivity index (χ1) is 9.08. The molecule has 0 amide bonds. The molecule has 0 bridgehead atoms. The number of methoxy groups -OCH3 is 1. The summed E-state index contributed by atoms with van der Waals surface area (Å²) in [5.74, 6) is -0.540. The van der Waals surface area contributed by atoms with Crippen LogP contribution in [0.3, 0.4) is 0 Å². The number of nitro groups is 1. The van der Waals surface area contributed by atoms with Crippen molar-refractivity contribution in [3.63, 3.8) is 0 Å². The topological polar surface area (TPSA) is 90.7 Å². The molecule has 0 aliphatic rings. The van der Waals surface area contributed by atoms with Crippen molar-refractivity contribution in [2.45, 2.75) is 13.5 Å². The predicted molar refractivity (Wildman–Crippen MR) is 68.0 cm³/mol. The maximum absolute atomic E-state index is 11.0. The molecule has 0 radical (unpaired) electrons. The molecule has 7 heteroatoms. The highest BCUT2D eigenvalue weighted by molar-refractivity contribution is 5.71. The van der Waals surface area contributed by atoms with E-state index in [9.17, 15) is 14.9 Å². The van der Waals surface area contributed by atoms with Gasteiger partial charge in [0, 0.05) is 12.6 Å². The third-order valence-corrected chi connectivity index (χ3v) is 2.37. The SMILES string of the molecule is CCNCc1ccc(OCC(=O)OC)c([N+](=O)[O-])c1. The average Bonchev–Trinajstić information content (AvgIpc) is 2.42. The molecule has 1 aromatic carbocycles. The first kappa shape index (κ1) is 14.9. The molecule has 0 saturated carbocycles. The lowest BCUT2D eigenvalue weighted by molar-refractivity contribution is -0.385. The van der Waals surface area contributed by atoms with Gasteiger partial charge in [0.05, 0.1) is 12.0 Å². The zero-order chi connectivity index (χ0) is 14.3. The second-order valence-electron chi connectivity index (χ2n) is 3.70. The lowest BCUT2D eigenvalue weighted by Crippen LogP contribution is -2.14. The quantitative estimate of drug-likeness (QED) is 0.454. The largest absolute Gasteiger partial charge is 0.475 e. The molecule has 0 aliphatic carbocycles. The molecule has 1 rings (SSSR count). The first-order valence-electron chi connectivity index (χ1n) is 5.76. The van der Waals surface area contributed by atoms with Crippen LogP contribution in [0.15, 0.2) is 18.2 Å². The Morgan fingerprint density at radius 1 is 1.47 bits per heavy atom. The molecule has 104 valence electrons. The van der Waals surface area contributed by atoms with Crippen molar-refractivity contribution < 1.29 is 19.2 Å². The minimum absolute atomic E-state index is 0.0515. The van der Waals surface area contributed by atoms with Crippen LogP contribution in [0.25, 0.3) is 0 Å². The van der Waals surface area contributed by atoms with Gasteiger partial charge in [-0.25, -0.2) is 4.79 Å². The highest BCUT2D eigenvalue weighted by atomic mass is 16.6. The number of nitrogens with one attached hydrogen (secondary N) is 1. The van der Waals surface area contributed by atoms with Crippen molar-refractivity contribution in [2.24, 2.45) is 0 Å². The minimum Gasteiger partial charge on any atom is -0.475 e. The molecule has 0 aliphatic heterocycles. The van der Waals surface area contributed by atoms with E-state index >= 15 is 0 Å². The monoisotopic (exact) mass is 268 g/mol. The molecule has 0 spiro atoms. The van der Waals surface area contributed by atoms with Crippen LogP contribution in [0, 0.1) is 10.1 Å². The van der Waals surface area contributed by atoms with Crippen molar-refractivity contribution in [1.82, 2.24) is 5.32 Å². The van der Waals surface area contributed by atoms with Crippen LogP contribution in [-0.2, 0) is 16.1 Å². The maximum Gasteiger partial charge on any atom is 0.343 e. The number of esters is 1. The van der Waals surface area contributed by atoms with E-state index in [1.54, 1.807) is 6.07 Å². The summed E-state index contributed by atoms with van der Waals surface area (Å²) in [7, 11) is 1.22. The van der Waals surface area contributed by atoms with E-state index in [1.165, 1.54) is 19.2 Å². The molecular formula is C12H16N2O5. The lowest BCUT2D eigenvalue weighted by Gasteiger charge is -2.07.